The van der Waals surface area contributed by atoms with Gasteiger partial charge in [-0.15, -0.1) is 0 Å². The molecule has 0 aliphatic carbocycles. The zero-order valence-electron chi connectivity index (χ0n) is 9.78. The number of halogens is 1. The van der Waals surface area contributed by atoms with Gasteiger partial charge in [-0.05, 0) is 37.5 Å². The maximum Gasteiger partial charge on any atom is 0.324 e. The Kier molecular flexibility index (Phi) is 4.18. The van der Waals surface area contributed by atoms with Crippen molar-refractivity contribution in [1.82, 2.24) is 5.32 Å². The second kappa shape index (κ2) is 5.65. The molecule has 0 bridgehead atoms. The first kappa shape index (κ1) is 12.6. The Balaban J connectivity index is 1.74. The van der Waals surface area contributed by atoms with Crippen LogP contribution in [0.15, 0.2) is 28.7 Å². The third kappa shape index (κ3) is 3.54. The molecular formula is C13H16BrNO2. The predicted molar refractivity (Wildman–Crippen MR) is 69.8 cm³/mol. The van der Waals surface area contributed by atoms with Crippen LogP contribution in [-0.2, 0) is 16.0 Å². The maximum absolute atomic E-state index is 11.4. The number of carbonyl (C=O) groups excluding carboxylic acids is 1. The minimum Gasteiger partial charge on any atom is -0.465 e. The van der Waals surface area contributed by atoms with E-state index in [0.29, 0.717) is 6.61 Å². The van der Waals surface area contributed by atoms with Crippen molar-refractivity contribution in [2.45, 2.75) is 31.8 Å². The van der Waals surface area contributed by atoms with Gasteiger partial charge in [0.15, 0.2) is 0 Å². The molecule has 4 heteroatoms. The van der Waals surface area contributed by atoms with Crippen LogP contribution in [0.3, 0.4) is 0 Å². The zero-order chi connectivity index (χ0) is 12.3. The molecule has 1 aromatic carbocycles. The zero-order valence-corrected chi connectivity index (χ0v) is 11.4. The number of carbonyl (C=O) groups is 1. The molecule has 1 fully saturated rings. The Morgan fingerprint density at radius 1 is 1.41 bits per heavy atom. The molecule has 0 radical (unpaired) electrons. The topological polar surface area (TPSA) is 48.2 Å². The number of rotatable bonds is 5. The standard InChI is InChI=1S/C13H16BrNO2/c1-2-17-13(16)12-11(15-12)8-5-9-3-6-10(14)7-4-9/h3-4,6-7,11-12,15H,2,5,8H2,1H3. The first-order valence-corrected chi connectivity index (χ1v) is 6.67. The number of aryl methyl sites for hydroxylation is 1. The van der Waals surface area contributed by atoms with E-state index in [2.05, 4.69) is 33.4 Å². The summed E-state index contributed by atoms with van der Waals surface area (Å²) in [7, 11) is 0. The van der Waals surface area contributed by atoms with Gasteiger partial charge >= 0.3 is 5.97 Å². The van der Waals surface area contributed by atoms with Gasteiger partial charge in [0.25, 0.3) is 0 Å². The average molecular weight is 298 g/mol. The molecule has 0 spiro atoms. The Hall–Kier alpha value is -0.870. The predicted octanol–water partition coefficient (Wildman–Crippen LogP) is 2.29. The molecule has 0 saturated carbocycles. The van der Waals surface area contributed by atoms with Gasteiger partial charge in [-0.3, -0.25) is 10.1 Å². The van der Waals surface area contributed by atoms with E-state index >= 15 is 0 Å². The van der Waals surface area contributed by atoms with E-state index < -0.39 is 0 Å². The highest BCUT2D eigenvalue weighted by Crippen LogP contribution is 2.20. The van der Waals surface area contributed by atoms with E-state index in [1.165, 1.54) is 5.56 Å². The molecule has 0 aromatic heterocycles. The summed E-state index contributed by atoms with van der Waals surface area (Å²) in [6.07, 6.45) is 1.96. The summed E-state index contributed by atoms with van der Waals surface area (Å²) >= 11 is 3.41. The van der Waals surface area contributed by atoms with Crippen molar-refractivity contribution in [3.05, 3.63) is 34.3 Å². The third-order valence-electron chi connectivity index (χ3n) is 2.88. The van der Waals surface area contributed by atoms with Gasteiger partial charge in [0.05, 0.1) is 6.61 Å². The van der Waals surface area contributed by atoms with Crippen LogP contribution in [0.25, 0.3) is 0 Å². The van der Waals surface area contributed by atoms with Crippen molar-refractivity contribution in [3.8, 4) is 0 Å². The summed E-state index contributed by atoms with van der Waals surface area (Å²) in [6.45, 7) is 2.29. The van der Waals surface area contributed by atoms with E-state index in [1.54, 1.807) is 0 Å². The second-order valence-corrected chi connectivity index (χ2v) is 5.08. The van der Waals surface area contributed by atoms with Crippen molar-refractivity contribution in [1.29, 1.82) is 0 Å². The van der Waals surface area contributed by atoms with Crippen LogP contribution >= 0.6 is 15.9 Å². The molecule has 2 atom stereocenters. The van der Waals surface area contributed by atoms with E-state index in [-0.39, 0.29) is 18.1 Å². The molecule has 0 amide bonds. The molecule has 3 nitrogen and oxygen atoms in total. The third-order valence-corrected chi connectivity index (χ3v) is 3.41. The number of nitrogens with one attached hydrogen (secondary N) is 1. The highest BCUT2D eigenvalue weighted by atomic mass is 79.9. The van der Waals surface area contributed by atoms with E-state index in [4.69, 9.17) is 4.74 Å². The monoisotopic (exact) mass is 297 g/mol. The summed E-state index contributed by atoms with van der Waals surface area (Å²) in [5, 5.41) is 3.15. The van der Waals surface area contributed by atoms with Crippen molar-refractivity contribution in [2.24, 2.45) is 0 Å². The number of ether oxygens (including phenoxy) is 1. The SMILES string of the molecule is CCOC(=O)C1NC1CCc1ccc(Br)cc1. The van der Waals surface area contributed by atoms with Crippen LogP contribution in [0.1, 0.15) is 18.9 Å². The fraction of sp³-hybridized carbons (Fsp3) is 0.462. The average Bonchev–Trinajstić information content (AvgIpc) is 3.08. The van der Waals surface area contributed by atoms with Gasteiger partial charge in [0.1, 0.15) is 6.04 Å². The quantitative estimate of drug-likeness (QED) is 0.670. The summed E-state index contributed by atoms with van der Waals surface area (Å²) < 4.78 is 6.05. The summed E-state index contributed by atoms with van der Waals surface area (Å²) in [5.41, 5.74) is 1.30. The molecular weight excluding hydrogens is 282 g/mol. The number of benzene rings is 1. The van der Waals surface area contributed by atoms with Gasteiger partial charge in [0.2, 0.25) is 0 Å². The lowest BCUT2D eigenvalue weighted by Gasteiger charge is -2.01. The molecule has 1 aliphatic heterocycles. The highest BCUT2D eigenvalue weighted by molar-refractivity contribution is 9.10. The largest absolute Gasteiger partial charge is 0.465 e. The summed E-state index contributed by atoms with van der Waals surface area (Å²) in [4.78, 5) is 11.4. The lowest BCUT2D eigenvalue weighted by molar-refractivity contribution is -0.142. The van der Waals surface area contributed by atoms with Crippen molar-refractivity contribution in [3.63, 3.8) is 0 Å². The smallest absolute Gasteiger partial charge is 0.324 e. The molecule has 2 rings (SSSR count). The lowest BCUT2D eigenvalue weighted by Crippen LogP contribution is -2.15. The Bertz CT molecular complexity index is 391. The molecule has 1 aliphatic rings. The van der Waals surface area contributed by atoms with E-state index in [9.17, 15) is 4.79 Å². The van der Waals surface area contributed by atoms with Gasteiger partial charge in [-0.1, -0.05) is 28.1 Å². The first-order valence-electron chi connectivity index (χ1n) is 5.88. The van der Waals surface area contributed by atoms with Crippen LogP contribution in [0.5, 0.6) is 0 Å². The van der Waals surface area contributed by atoms with Gasteiger partial charge < -0.3 is 4.74 Å². The van der Waals surface area contributed by atoms with Crippen LogP contribution in [0.4, 0.5) is 0 Å². The number of esters is 1. The Morgan fingerprint density at radius 3 is 2.76 bits per heavy atom. The van der Waals surface area contributed by atoms with Crippen molar-refractivity contribution in [2.75, 3.05) is 6.61 Å². The molecule has 17 heavy (non-hydrogen) atoms. The molecule has 92 valence electrons. The number of hydrogen-bond acceptors (Lipinski definition) is 3. The minimum atomic E-state index is -0.117. The fourth-order valence-electron chi connectivity index (χ4n) is 1.86. The Morgan fingerprint density at radius 2 is 2.12 bits per heavy atom. The molecule has 1 aromatic rings. The molecule has 1 heterocycles. The highest BCUT2D eigenvalue weighted by Gasteiger charge is 2.42. The van der Waals surface area contributed by atoms with Gasteiger partial charge in [0, 0.05) is 10.5 Å². The van der Waals surface area contributed by atoms with Gasteiger partial charge in [-0.25, -0.2) is 0 Å². The fourth-order valence-corrected chi connectivity index (χ4v) is 2.13. The van der Waals surface area contributed by atoms with Crippen LogP contribution in [-0.4, -0.2) is 24.7 Å². The van der Waals surface area contributed by atoms with Crippen LogP contribution < -0.4 is 5.32 Å². The minimum absolute atomic E-state index is 0.0783. The van der Waals surface area contributed by atoms with E-state index in [0.717, 1.165) is 17.3 Å². The molecule has 2 unspecified atom stereocenters. The lowest BCUT2D eigenvalue weighted by atomic mass is 10.1. The number of hydrogen-bond donors (Lipinski definition) is 1. The van der Waals surface area contributed by atoms with Gasteiger partial charge in [-0.2, -0.15) is 0 Å². The van der Waals surface area contributed by atoms with Crippen LogP contribution in [0, 0.1) is 0 Å². The summed E-state index contributed by atoms with van der Waals surface area (Å²) in [6, 6.07) is 8.50. The second-order valence-electron chi connectivity index (χ2n) is 4.17. The van der Waals surface area contributed by atoms with E-state index in [1.807, 2.05) is 19.1 Å². The van der Waals surface area contributed by atoms with Crippen LogP contribution in [0.2, 0.25) is 0 Å². The first-order chi connectivity index (χ1) is 8.20. The normalized spacial score (nSPS) is 22.2. The van der Waals surface area contributed by atoms with Crippen molar-refractivity contribution >= 4 is 21.9 Å². The summed E-state index contributed by atoms with van der Waals surface area (Å²) in [5.74, 6) is -0.117. The Labute approximate surface area is 110 Å². The molecule has 1 N–H and O–H groups in total. The van der Waals surface area contributed by atoms with Crippen molar-refractivity contribution < 1.29 is 9.53 Å². The maximum atomic E-state index is 11.4. The molecule has 1 saturated heterocycles.